The van der Waals surface area contributed by atoms with E-state index in [2.05, 4.69) is 15.3 Å². The maximum atomic E-state index is 7.75. The molecule has 0 fully saturated rings. The molecule has 1 rings (SSSR count). The van der Waals surface area contributed by atoms with Gasteiger partial charge in [0, 0.05) is 16.8 Å². The lowest BCUT2D eigenvalue weighted by molar-refractivity contribution is 0.831. The van der Waals surface area contributed by atoms with E-state index in [0.29, 0.717) is 0 Å². The van der Waals surface area contributed by atoms with Crippen LogP contribution in [0.4, 0.5) is 5.69 Å². The van der Waals surface area contributed by atoms with Crippen LogP contribution in [0.3, 0.4) is 0 Å². The molecule has 0 heterocycles. The van der Waals surface area contributed by atoms with Crippen LogP contribution in [-0.4, -0.2) is 18.0 Å². The summed E-state index contributed by atoms with van der Waals surface area (Å²) in [7, 11) is 0. The van der Waals surface area contributed by atoms with Crippen molar-refractivity contribution in [1.29, 1.82) is 0 Å². The fourth-order valence-electron chi connectivity index (χ4n) is 0.933. The molecule has 0 saturated heterocycles. The Bertz CT molecular complexity index is 590. The number of benzene rings is 1. The minimum Gasteiger partial charge on any atom is -0.369 e. The van der Waals surface area contributed by atoms with E-state index >= 15 is 0 Å². The van der Waals surface area contributed by atoms with Gasteiger partial charge in [0.1, 0.15) is 0 Å². The van der Waals surface area contributed by atoms with E-state index < -0.39 is 0 Å². The Hall–Kier alpha value is -1.46. The smallest absolute Gasteiger partial charge is 0.218 e. The Morgan fingerprint density at radius 2 is 1.89 bits per heavy atom. The van der Waals surface area contributed by atoms with Crippen LogP contribution in [0.2, 0.25) is 5.02 Å². The highest BCUT2D eigenvalue weighted by molar-refractivity contribution is 6.30. The number of rotatable bonds is 2. The monoisotopic (exact) mass is 293 g/mol. The average Bonchev–Trinajstić information content (AvgIpc) is 2.38. The maximum absolute atomic E-state index is 7.75. The van der Waals surface area contributed by atoms with Gasteiger partial charge >= 0.3 is 0 Å². The molecule has 0 aromatic heterocycles. The van der Waals surface area contributed by atoms with Gasteiger partial charge in [-0.3, -0.25) is 0 Å². The Morgan fingerprint density at radius 3 is 2.39 bits per heavy atom. The van der Waals surface area contributed by atoms with Gasteiger partial charge < -0.3 is 16.8 Å². The third-order valence-corrected chi connectivity index (χ3v) is 1.66. The zero-order valence-electron chi connectivity index (χ0n) is 13.9. The van der Waals surface area contributed by atoms with Crippen molar-refractivity contribution in [2.75, 3.05) is 5.32 Å². The van der Waals surface area contributed by atoms with Crippen molar-refractivity contribution >= 4 is 41.6 Å². The molecule has 18 heavy (non-hydrogen) atoms. The molecule has 0 aliphatic heterocycles. The topological polar surface area (TPSA) is 88.8 Å². The summed E-state index contributed by atoms with van der Waals surface area (Å²) < 4.78 is 30.7. The number of halogens is 2. The highest BCUT2D eigenvalue weighted by atomic mass is 35.5. The molecule has 7 heteroatoms. The summed E-state index contributed by atoms with van der Waals surface area (Å²) in [6, 6.07) is -1.49. The van der Waals surface area contributed by atoms with Crippen LogP contribution in [-0.2, 0) is 0 Å². The van der Waals surface area contributed by atoms with Crippen LogP contribution >= 0.6 is 24.0 Å². The van der Waals surface area contributed by atoms with Crippen LogP contribution in [0, 0.1) is 0 Å². The molecule has 0 aliphatic carbocycles. The van der Waals surface area contributed by atoms with E-state index in [1.165, 1.54) is 0 Å². The number of nitrogens with two attached hydrogens (primary N) is 2. The van der Waals surface area contributed by atoms with Crippen molar-refractivity contribution in [3.8, 4) is 0 Å². The number of nitrogens with zero attached hydrogens (tertiary/aromatic N) is 2. The van der Waals surface area contributed by atoms with E-state index in [4.69, 9.17) is 28.6 Å². The zero-order valence-corrected chi connectivity index (χ0v) is 11.5. The Balaban J connectivity index is 0.00000441. The standard InChI is InChI=1S/C11H16ClN5.ClH/c1-7(2)15-10(13)17-11(14)16-9-5-3-8(12)4-6-9;/h3-7H,1-2H3,(H5,13,14,15,16,17);1H/i3D,4D,5D,6D;. The summed E-state index contributed by atoms with van der Waals surface area (Å²) in [4.78, 5) is 7.72. The van der Waals surface area contributed by atoms with Gasteiger partial charge in [0.15, 0.2) is 0 Å². The summed E-state index contributed by atoms with van der Waals surface area (Å²) in [5.74, 6) is -0.251. The van der Waals surface area contributed by atoms with E-state index in [1.807, 2.05) is 13.8 Å². The second kappa shape index (κ2) is 7.79. The highest BCUT2D eigenvalue weighted by Crippen LogP contribution is 2.12. The molecule has 0 atom stereocenters. The van der Waals surface area contributed by atoms with E-state index in [9.17, 15) is 0 Å². The Labute approximate surface area is 123 Å². The summed E-state index contributed by atoms with van der Waals surface area (Å²) in [5, 5.41) is 2.23. The number of nitrogens with one attached hydrogen (secondary N) is 1. The van der Waals surface area contributed by atoms with Crippen molar-refractivity contribution in [3.05, 3.63) is 29.2 Å². The van der Waals surface area contributed by atoms with Gasteiger partial charge in [-0.2, -0.15) is 4.99 Å². The molecule has 5 nitrogen and oxygen atoms in total. The zero-order chi connectivity index (χ0) is 16.3. The number of anilines is 1. The SMILES string of the molecule is Cl.[2H]c1c([2H])c(N/C(N)=N/C(N)=NC(C)C)c([2H])c([2H])c1Cl. The highest BCUT2D eigenvalue weighted by Gasteiger charge is 1.97. The lowest BCUT2D eigenvalue weighted by atomic mass is 10.3. The lowest BCUT2D eigenvalue weighted by Gasteiger charge is -2.05. The normalized spacial score (nSPS) is 15.3. The fourth-order valence-corrected chi connectivity index (χ4v) is 1.03. The van der Waals surface area contributed by atoms with Gasteiger partial charge in [-0.05, 0) is 38.0 Å². The molecule has 5 N–H and O–H groups in total. The van der Waals surface area contributed by atoms with Gasteiger partial charge in [0.05, 0.1) is 5.48 Å². The van der Waals surface area contributed by atoms with Gasteiger partial charge in [-0.15, -0.1) is 12.4 Å². The number of aliphatic imine (C=N–C) groups is 2. The number of guanidine groups is 2. The molecular weight excluding hydrogens is 273 g/mol. The van der Waals surface area contributed by atoms with Crippen LogP contribution in [0.25, 0.3) is 0 Å². The minimum absolute atomic E-state index is 0. The third kappa shape index (κ3) is 6.32. The largest absolute Gasteiger partial charge is 0.369 e. The van der Waals surface area contributed by atoms with Gasteiger partial charge in [0.25, 0.3) is 0 Å². The summed E-state index contributed by atoms with van der Waals surface area (Å²) >= 11 is 5.69. The molecule has 0 amide bonds. The van der Waals surface area contributed by atoms with Crippen molar-refractivity contribution in [1.82, 2.24) is 0 Å². The van der Waals surface area contributed by atoms with Crippen LogP contribution < -0.4 is 16.8 Å². The molecule has 0 spiro atoms. The number of hydrogen-bond acceptors (Lipinski definition) is 1. The van der Waals surface area contributed by atoms with E-state index in [0.717, 1.165) is 0 Å². The molecule has 1 aromatic rings. The summed E-state index contributed by atoms with van der Waals surface area (Å²) in [5.41, 5.74) is 11.0. The molecule has 1 aromatic carbocycles. The molecule has 0 aliphatic rings. The van der Waals surface area contributed by atoms with Crippen LogP contribution in [0.15, 0.2) is 34.2 Å². The Morgan fingerprint density at radius 1 is 1.33 bits per heavy atom. The summed E-state index contributed by atoms with van der Waals surface area (Å²) in [6.45, 7) is 3.63. The first-order valence-corrected chi connectivity index (χ1v) is 5.23. The van der Waals surface area contributed by atoms with Crippen molar-refractivity contribution in [2.45, 2.75) is 19.9 Å². The lowest BCUT2D eigenvalue weighted by Crippen LogP contribution is -2.26. The second-order valence-electron chi connectivity index (χ2n) is 3.39. The minimum atomic E-state index is -0.364. The summed E-state index contributed by atoms with van der Waals surface area (Å²) in [6.07, 6.45) is 0. The Kier molecular flexibility index (Phi) is 4.53. The fraction of sp³-hybridized carbons (Fsp3) is 0.273. The molecule has 100 valence electrons. The molecule has 0 bridgehead atoms. The van der Waals surface area contributed by atoms with Gasteiger partial charge in [-0.25, -0.2) is 4.99 Å². The van der Waals surface area contributed by atoms with E-state index in [1.54, 1.807) is 0 Å². The van der Waals surface area contributed by atoms with Gasteiger partial charge in [0.2, 0.25) is 11.9 Å². The number of hydrogen-bond donors (Lipinski definition) is 3. The molecule has 0 saturated carbocycles. The van der Waals surface area contributed by atoms with Gasteiger partial charge in [-0.1, -0.05) is 11.6 Å². The maximum Gasteiger partial charge on any atom is 0.218 e. The first kappa shape index (κ1) is 10.5. The van der Waals surface area contributed by atoms with E-state index in [-0.39, 0.29) is 65.2 Å². The van der Waals surface area contributed by atoms with Crippen molar-refractivity contribution in [3.63, 3.8) is 0 Å². The average molecular weight is 294 g/mol. The van der Waals surface area contributed by atoms with Crippen LogP contribution in [0.1, 0.15) is 19.3 Å². The first-order valence-electron chi connectivity index (χ1n) is 6.85. The third-order valence-electron chi connectivity index (χ3n) is 1.47. The molecule has 0 radical (unpaired) electrons. The second-order valence-corrected chi connectivity index (χ2v) is 3.77. The predicted octanol–water partition coefficient (Wildman–Crippen LogP) is 2.21. The molecular formula is C11H17Cl2N5. The van der Waals surface area contributed by atoms with Crippen LogP contribution in [0.5, 0.6) is 0 Å². The molecule has 0 unspecified atom stereocenters. The first-order chi connectivity index (χ1) is 9.65. The van der Waals surface area contributed by atoms with Crippen molar-refractivity contribution < 1.29 is 5.48 Å². The predicted molar refractivity (Wildman–Crippen MR) is 80.7 cm³/mol. The van der Waals surface area contributed by atoms with Crippen molar-refractivity contribution in [2.24, 2.45) is 21.5 Å². The quantitative estimate of drug-likeness (QED) is 0.577.